The summed E-state index contributed by atoms with van der Waals surface area (Å²) in [5.41, 5.74) is 1.60. The Hall–Kier alpha value is -3.35. The van der Waals surface area contributed by atoms with Crippen molar-refractivity contribution in [1.29, 1.82) is 0 Å². The van der Waals surface area contributed by atoms with Crippen LogP contribution in [0.15, 0.2) is 84.9 Å². The topological polar surface area (TPSA) is 67.9 Å². The summed E-state index contributed by atoms with van der Waals surface area (Å²) in [6, 6.07) is 24.9. The van der Waals surface area contributed by atoms with Gasteiger partial charge in [-0.25, -0.2) is 0 Å². The predicted molar refractivity (Wildman–Crippen MR) is 128 cm³/mol. The van der Waals surface area contributed by atoms with Gasteiger partial charge in [0.25, 0.3) is 5.91 Å². The summed E-state index contributed by atoms with van der Waals surface area (Å²) in [6.45, 7) is 0.686. The van der Waals surface area contributed by atoms with Crippen molar-refractivity contribution in [3.63, 3.8) is 0 Å². The number of amides is 2. The van der Waals surface area contributed by atoms with E-state index in [-0.39, 0.29) is 25.0 Å². The number of carbonyl (C=O) groups excluding carboxylic acids is 2. The van der Waals surface area contributed by atoms with E-state index in [0.717, 1.165) is 5.56 Å². The summed E-state index contributed by atoms with van der Waals surface area (Å²) >= 11 is 6.17. The zero-order valence-corrected chi connectivity index (χ0v) is 19.2. The van der Waals surface area contributed by atoms with Crippen molar-refractivity contribution in [1.82, 2.24) is 10.2 Å². The molecule has 0 saturated carbocycles. The van der Waals surface area contributed by atoms with Crippen molar-refractivity contribution in [3.8, 4) is 5.75 Å². The lowest BCUT2D eigenvalue weighted by molar-refractivity contribution is -0.143. The second kappa shape index (κ2) is 12.6. The van der Waals surface area contributed by atoms with Gasteiger partial charge in [-0.15, -0.1) is 0 Å². The molecule has 6 nitrogen and oxygen atoms in total. The number of ether oxygens (including phenoxy) is 2. The summed E-state index contributed by atoms with van der Waals surface area (Å²) in [5, 5.41) is 3.28. The first-order valence-corrected chi connectivity index (χ1v) is 11.0. The lowest BCUT2D eigenvalue weighted by Gasteiger charge is -2.31. The maximum Gasteiger partial charge on any atom is 0.261 e. The zero-order valence-electron chi connectivity index (χ0n) is 18.4. The molecule has 33 heavy (non-hydrogen) atoms. The van der Waals surface area contributed by atoms with Crippen LogP contribution < -0.4 is 10.1 Å². The first-order valence-electron chi connectivity index (χ1n) is 10.6. The molecule has 1 N–H and O–H groups in total. The van der Waals surface area contributed by atoms with Gasteiger partial charge in [0, 0.05) is 20.2 Å². The number of para-hydroxylation sites is 1. The predicted octanol–water partition coefficient (Wildman–Crippen LogP) is 4.25. The Labute approximate surface area is 199 Å². The summed E-state index contributed by atoms with van der Waals surface area (Å²) in [6.07, 6.45) is 0. The smallest absolute Gasteiger partial charge is 0.261 e. The third-order valence-electron chi connectivity index (χ3n) is 4.98. The van der Waals surface area contributed by atoms with Gasteiger partial charge in [-0.1, -0.05) is 84.4 Å². The number of benzene rings is 3. The van der Waals surface area contributed by atoms with Gasteiger partial charge in [-0.05, 0) is 23.3 Å². The van der Waals surface area contributed by atoms with Crippen molar-refractivity contribution in [2.24, 2.45) is 0 Å². The number of hydrogen-bond acceptors (Lipinski definition) is 4. The highest BCUT2D eigenvalue weighted by molar-refractivity contribution is 6.32. The number of rotatable bonds is 11. The van der Waals surface area contributed by atoms with E-state index in [2.05, 4.69) is 5.32 Å². The van der Waals surface area contributed by atoms with Crippen LogP contribution in [-0.2, 0) is 20.9 Å². The summed E-state index contributed by atoms with van der Waals surface area (Å²) < 4.78 is 10.8. The van der Waals surface area contributed by atoms with Crippen molar-refractivity contribution < 1.29 is 19.1 Å². The zero-order chi connectivity index (χ0) is 23.5. The van der Waals surface area contributed by atoms with Crippen LogP contribution in [0.25, 0.3) is 0 Å². The fraction of sp³-hybridized carbons (Fsp3) is 0.231. The first-order chi connectivity index (χ1) is 16.1. The van der Waals surface area contributed by atoms with Gasteiger partial charge in [-0.3, -0.25) is 9.59 Å². The van der Waals surface area contributed by atoms with E-state index in [0.29, 0.717) is 29.5 Å². The van der Waals surface area contributed by atoms with Gasteiger partial charge in [-0.2, -0.15) is 0 Å². The van der Waals surface area contributed by atoms with Crippen LogP contribution in [0.2, 0.25) is 5.02 Å². The molecule has 0 fully saturated rings. The van der Waals surface area contributed by atoms with Gasteiger partial charge in [0.2, 0.25) is 5.91 Å². The van der Waals surface area contributed by atoms with Crippen LogP contribution in [-0.4, -0.2) is 43.6 Å². The van der Waals surface area contributed by atoms with E-state index in [4.69, 9.17) is 21.1 Å². The molecule has 3 rings (SSSR count). The molecule has 0 aliphatic heterocycles. The standard InChI is InChI=1S/C26H27ClN2O4/c1-32-17-16-28-26(31)25(21-12-6-3-7-13-21)29(18-20-10-4-2-5-11-20)24(30)19-33-23-15-9-8-14-22(23)27/h2-15,25H,16-19H2,1H3,(H,28,31). The number of halogens is 1. The minimum absolute atomic E-state index is 0.239. The van der Waals surface area contributed by atoms with Crippen LogP contribution >= 0.6 is 11.6 Å². The number of nitrogens with zero attached hydrogens (tertiary/aromatic N) is 1. The second-order valence-electron chi connectivity index (χ2n) is 7.32. The van der Waals surface area contributed by atoms with Gasteiger partial charge in [0.05, 0.1) is 11.6 Å². The van der Waals surface area contributed by atoms with Crippen molar-refractivity contribution in [2.45, 2.75) is 12.6 Å². The highest BCUT2D eigenvalue weighted by Gasteiger charge is 2.31. The Morgan fingerprint density at radius 2 is 1.58 bits per heavy atom. The second-order valence-corrected chi connectivity index (χ2v) is 7.73. The Morgan fingerprint density at radius 1 is 0.939 bits per heavy atom. The fourth-order valence-corrected chi connectivity index (χ4v) is 3.56. The minimum atomic E-state index is -0.842. The van der Waals surface area contributed by atoms with Crippen LogP contribution in [0.5, 0.6) is 5.75 Å². The maximum absolute atomic E-state index is 13.4. The van der Waals surface area contributed by atoms with E-state index < -0.39 is 6.04 Å². The van der Waals surface area contributed by atoms with Crippen LogP contribution in [0.1, 0.15) is 17.2 Å². The van der Waals surface area contributed by atoms with Crippen LogP contribution in [0.4, 0.5) is 0 Å². The third kappa shape index (κ3) is 7.07. The molecule has 3 aromatic rings. The average Bonchev–Trinajstić information content (AvgIpc) is 2.84. The minimum Gasteiger partial charge on any atom is -0.482 e. The molecule has 7 heteroatoms. The van der Waals surface area contributed by atoms with E-state index in [1.54, 1.807) is 31.4 Å². The lowest BCUT2D eigenvalue weighted by Crippen LogP contribution is -2.45. The first kappa shape index (κ1) is 24.3. The normalized spacial score (nSPS) is 11.5. The molecule has 1 atom stereocenters. The molecule has 0 aromatic heterocycles. The average molecular weight is 467 g/mol. The highest BCUT2D eigenvalue weighted by Crippen LogP contribution is 2.26. The van der Waals surface area contributed by atoms with Gasteiger partial charge < -0.3 is 19.7 Å². The molecule has 1 unspecified atom stereocenters. The number of carbonyl (C=O) groups is 2. The monoisotopic (exact) mass is 466 g/mol. The molecule has 0 aliphatic carbocycles. The number of hydrogen-bond donors (Lipinski definition) is 1. The molecule has 0 aliphatic rings. The molecule has 0 radical (unpaired) electrons. The number of nitrogens with one attached hydrogen (secondary N) is 1. The molecule has 172 valence electrons. The van der Waals surface area contributed by atoms with E-state index in [1.807, 2.05) is 60.7 Å². The maximum atomic E-state index is 13.4. The van der Waals surface area contributed by atoms with Crippen molar-refractivity contribution in [3.05, 3.63) is 101 Å². The summed E-state index contributed by atoms with van der Waals surface area (Å²) in [4.78, 5) is 28.2. The Kier molecular flexibility index (Phi) is 9.30. The molecule has 0 heterocycles. The van der Waals surface area contributed by atoms with Gasteiger partial charge in [0.15, 0.2) is 6.61 Å². The number of methoxy groups -OCH3 is 1. The van der Waals surface area contributed by atoms with Crippen molar-refractivity contribution >= 4 is 23.4 Å². The molecular weight excluding hydrogens is 440 g/mol. The summed E-state index contributed by atoms with van der Waals surface area (Å²) in [5.74, 6) is -0.220. The van der Waals surface area contributed by atoms with E-state index in [9.17, 15) is 9.59 Å². The molecule has 0 saturated heterocycles. The molecular formula is C26H27ClN2O4. The molecule has 0 bridgehead atoms. The Morgan fingerprint density at radius 3 is 2.24 bits per heavy atom. The summed E-state index contributed by atoms with van der Waals surface area (Å²) in [7, 11) is 1.57. The largest absolute Gasteiger partial charge is 0.482 e. The fourth-order valence-electron chi connectivity index (χ4n) is 3.37. The Balaban J connectivity index is 1.90. The third-order valence-corrected chi connectivity index (χ3v) is 5.30. The van der Waals surface area contributed by atoms with E-state index >= 15 is 0 Å². The van der Waals surface area contributed by atoms with Gasteiger partial charge >= 0.3 is 0 Å². The molecule has 2 amide bonds. The van der Waals surface area contributed by atoms with Crippen molar-refractivity contribution in [2.75, 3.05) is 26.9 Å². The van der Waals surface area contributed by atoms with Crippen LogP contribution in [0, 0.1) is 0 Å². The van der Waals surface area contributed by atoms with Gasteiger partial charge in [0.1, 0.15) is 11.8 Å². The highest BCUT2D eigenvalue weighted by atomic mass is 35.5. The van der Waals surface area contributed by atoms with E-state index in [1.165, 1.54) is 4.90 Å². The molecule has 3 aromatic carbocycles. The SMILES string of the molecule is COCCNC(=O)C(c1ccccc1)N(Cc1ccccc1)C(=O)COc1ccccc1Cl. The lowest BCUT2D eigenvalue weighted by atomic mass is 10.0. The van der Waals surface area contributed by atoms with Crippen LogP contribution in [0.3, 0.4) is 0 Å². The quantitative estimate of drug-likeness (QED) is 0.429. The molecule has 0 spiro atoms. The Bertz CT molecular complexity index is 1030.